The first kappa shape index (κ1) is 29.4. The molecule has 9 nitrogen and oxygen atoms in total. The van der Waals surface area contributed by atoms with Gasteiger partial charge in [-0.15, -0.1) is 0 Å². The topological polar surface area (TPSA) is 107 Å². The quantitative estimate of drug-likeness (QED) is 0.134. The van der Waals surface area contributed by atoms with Crippen LogP contribution in [0.5, 0.6) is 23.0 Å². The van der Waals surface area contributed by atoms with Gasteiger partial charge < -0.3 is 33.5 Å². The van der Waals surface area contributed by atoms with Gasteiger partial charge in [-0.2, -0.15) is 0 Å². The summed E-state index contributed by atoms with van der Waals surface area (Å²) in [5, 5.41) is 10.3. The molecule has 1 N–H and O–H groups in total. The molecule has 0 spiro atoms. The lowest BCUT2D eigenvalue weighted by molar-refractivity contribution is 0.0626. The summed E-state index contributed by atoms with van der Waals surface area (Å²) in [5.74, 6) is 2.91. The number of epoxide rings is 2. The number of ether oxygens (including phenoxy) is 6. The van der Waals surface area contributed by atoms with Crippen LogP contribution in [0.3, 0.4) is 0 Å². The highest BCUT2D eigenvalue weighted by Crippen LogP contribution is 2.22. The van der Waals surface area contributed by atoms with Gasteiger partial charge in [-0.3, -0.25) is 9.98 Å². The first-order valence-electron chi connectivity index (χ1n) is 14.6. The monoisotopic (exact) mass is 594 g/mol. The summed E-state index contributed by atoms with van der Waals surface area (Å²) in [5.41, 5.74) is 3.53. The maximum atomic E-state index is 10.3. The van der Waals surface area contributed by atoms with Crippen molar-refractivity contribution in [3.8, 4) is 23.0 Å². The molecule has 226 valence electrons. The predicted octanol–water partition coefficient (Wildman–Crippen LogP) is 5.56. The molecule has 0 amide bonds. The van der Waals surface area contributed by atoms with Crippen LogP contribution in [0.25, 0.3) is 0 Å². The summed E-state index contributed by atoms with van der Waals surface area (Å²) in [6.45, 7) is 2.93. The molecule has 0 aliphatic carbocycles. The Bertz CT molecular complexity index is 1400. The van der Waals surface area contributed by atoms with E-state index in [2.05, 4.69) is 9.98 Å². The van der Waals surface area contributed by atoms with Crippen LogP contribution in [0.15, 0.2) is 107 Å². The Kier molecular flexibility index (Phi) is 9.78. The molecule has 2 heterocycles. The summed E-state index contributed by atoms with van der Waals surface area (Å²) < 4.78 is 33.1. The highest BCUT2D eigenvalue weighted by atomic mass is 16.6. The Balaban J connectivity index is 0.885. The van der Waals surface area contributed by atoms with Crippen molar-refractivity contribution in [3.63, 3.8) is 0 Å². The van der Waals surface area contributed by atoms with E-state index in [0.717, 1.165) is 47.2 Å². The molecule has 6 rings (SSSR count). The minimum absolute atomic E-state index is 0.104. The van der Waals surface area contributed by atoms with E-state index in [1.165, 1.54) is 0 Å². The lowest BCUT2D eigenvalue weighted by Crippen LogP contribution is -2.25. The number of aliphatic imine (C=N–C) groups is 2. The highest BCUT2D eigenvalue weighted by Gasteiger charge is 2.23. The van der Waals surface area contributed by atoms with Crippen LogP contribution in [0.4, 0.5) is 11.4 Å². The van der Waals surface area contributed by atoms with Crippen molar-refractivity contribution in [2.24, 2.45) is 9.98 Å². The number of nitrogens with zero attached hydrogens (tertiary/aromatic N) is 2. The predicted molar refractivity (Wildman–Crippen MR) is 168 cm³/mol. The van der Waals surface area contributed by atoms with Crippen molar-refractivity contribution >= 4 is 23.8 Å². The Morgan fingerprint density at radius 2 is 0.909 bits per heavy atom. The van der Waals surface area contributed by atoms with E-state index >= 15 is 0 Å². The Labute approximate surface area is 256 Å². The van der Waals surface area contributed by atoms with Crippen molar-refractivity contribution < 1.29 is 33.5 Å². The van der Waals surface area contributed by atoms with E-state index in [-0.39, 0.29) is 25.4 Å². The number of rotatable bonds is 16. The van der Waals surface area contributed by atoms with Gasteiger partial charge in [0.2, 0.25) is 0 Å². The fourth-order valence-electron chi connectivity index (χ4n) is 4.00. The van der Waals surface area contributed by atoms with Crippen LogP contribution in [0.1, 0.15) is 11.1 Å². The number of aliphatic hydroxyl groups is 1. The molecule has 9 heteroatoms. The number of hydrogen-bond donors (Lipinski definition) is 1. The Hall–Kier alpha value is -4.70. The van der Waals surface area contributed by atoms with Gasteiger partial charge in [0.1, 0.15) is 67.7 Å². The van der Waals surface area contributed by atoms with E-state index < -0.39 is 6.10 Å². The maximum absolute atomic E-state index is 10.3. The van der Waals surface area contributed by atoms with Gasteiger partial charge in [0, 0.05) is 12.4 Å². The van der Waals surface area contributed by atoms with Crippen LogP contribution in [-0.4, -0.2) is 75.5 Å². The lowest BCUT2D eigenvalue weighted by atomic mass is 10.2. The fourth-order valence-corrected chi connectivity index (χ4v) is 4.00. The molecule has 4 aromatic carbocycles. The molecule has 2 fully saturated rings. The summed E-state index contributed by atoms with van der Waals surface area (Å²) in [4.78, 5) is 9.02. The van der Waals surface area contributed by atoms with Crippen LogP contribution in [-0.2, 0) is 9.47 Å². The van der Waals surface area contributed by atoms with Crippen molar-refractivity contribution in [3.05, 3.63) is 108 Å². The second kappa shape index (κ2) is 14.7. The van der Waals surface area contributed by atoms with Gasteiger partial charge in [0.05, 0.1) is 24.6 Å². The molecule has 3 unspecified atom stereocenters. The molecule has 2 aliphatic heterocycles. The van der Waals surface area contributed by atoms with Crippen molar-refractivity contribution in [1.29, 1.82) is 0 Å². The molecule has 44 heavy (non-hydrogen) atoms. The Morgan fingerprint density at radius 3 is 1.27 bits per heavy atom. The molecule has 0 radical (unpaired) electrons. The average molecular weight is 595 g/mol. The normalized spacial score (nSPS) is 17.8. The van der Waals surface area contributed by atoms with E-state index in [4.69, 9.17) is 28.4 Å². The van der Waals surface area contributed by atoms with E-state index in [0.29, 0.717) is 24.7 Å². The minimum Gasteiger partial charge on any atom is -0.491 e. The summed E-state index contributed by atoms with van der Waals surface area (Å²) >= 11 is 0. The third-order valence-corrected chi connectivity index (χ3v) is 6.72. The number of benzene rings is 4. The third kappa shape index (κ3) is 9.67. The van der Waals surface area contributed by atoms with Crippen LogP contribution >= 0.6 is 0 Å². The summed E-state index contributed by atoms with van der Waals surface area (Å²) in [6.07, 6.45) is 3.26. The number of aliphatic hydroxyl groups excluding tert-OH is 1. The number of hydrogen-bond acceptors (Lipinski definition) is 9. The Morgan fingerprint density at radius 1 is 0.568 bits per heavy atom. The van der Waals surface area contributed by atoms with Crippen molar-refractivity contribution in [2.45, 2.75) is 18.3 Å². The summed E-state index contributed by atoms with van der Waals surface area (Å²) in [7, 11) is 0. The molecule has 3 atom stereocenters. The fraction of sp³-hybridized carbons (Fsp3) is 0.257. The van der Waals surface area contributed by atoms with Crippen LogP contribution in [0.2, 0.25) is 0 Å². The van der Waals surface area contributed by atoms with E-state index in [1.54, 1.807) is 12.4 Å². The van der Waals surface area contributed by atoms with Gasteiger partial charge in [0.15, 0.2) is 0 Å². The molecular formula is C35H34N2O7. The zero-order chi connectivity index (χ0) is 30.0. The zero-order valence-electron chi connectivity index (χ0n) is 24.2. The smallest absolute Gasteiger partial charge is 0.122 e. The molecule has 0 bridgehead atoms. The summed E-state index contributed by atoms with van der Waals surface area (Å²) in [6, 6.07) is 30.3. The van der Waals surface area contributed by atoms with Gasteiger partial charge in [-0.25, -0.2) is 0 Å². The van der Waals surface area contributed by atoms with Crippen molar-refractivity contribution in [2.75, 3.05) is 39.6 Å². The van der Waals surface area contributed by atoms with Crippen molar-refractivity contribution in [1.82, 2.24) is 0 Å². The van der Waals surface area contributed by atoms with Gasteiger partial charge in [-0.1, -0.05) is 0 Å². The second-order valence-corrected chi connectivity index (χ2v) is 10.5. The molecule has 2 aliphatic rings. The largest absolute Gasteiger partial charge is 0.491 e. The highest BCUT2D eigenvalue weighted by molar-refractivity contribution is 5.82. The van der Waals surface area contributed by atoms with Gasteiger partial charge in [0.25, 0.3) is 0 Å². The third-order valence-electron chi connectivity index (χ3n) is 6.72. The standard InChI is InChI=1S/C35H34N2O7/c38-29(19-39-30-9-1-25(2-10-30)17-37-28-7-15-33(16-8-28)42-22-35-24-44-35)20-40-32-13-5-27(6-14-32)36-18-26-3-11-31(12-4-26)41-21-34-23-43-34/h1-18,29,34-35,38H,19-24H2. The van der Waals surface area contributed by atoms with Crippen LogP contribution < -0.4 is 18.9 Å². The van der Waals surface area contributed by atoms with Gasteiger partial charge in [-0.05, 0) is 108 Å². The van der Waals surface area contributed by atoms with E-state index in [1.807, 2.05) is 97.1 Å². The molecule has 4 aromatic rings. The minimum atomic E-state index is -0.790. The SMILES string of the molecule is OC(COc1ccc(C=Nc2ccc(OCC3CO3)cc2)cc1)COc1ccc(N=Cc2ccc(OCC3CO3)cc2)cc1. The molecule has 0 aromatic heterocycles. The first-order valence-corrected chi connectivity index (χ1v) is 14.6. The van der Waals surface area contributed by atoms with Gasteiger partial charge >= 0.3 is 0 Å². The van der Waals surface area contributed by atoms with E-state index in [9.17, 15) is 5.11 Å². The zero-order valence-corrected chi connectivity index (χ0v) is 24.2. The second-order valence-electron chi connectivity index (χ2n) is 10.5. The average Bonchev–Trinajstić information content (AvgIpc) is 4.01. The molecule has 0 saturated carbocycles. The lowest BCUT2D eigenvalue weighted by Gasteiger charge is -2.14. The molecule has 2 saturated heterocycles. The molecular weight excluding hydrogens is 560 g/mol. The first-order chi connectivity index (χ1) is 21.6. The maximum Gasteiger partial charge on any atom is 0.122 e. The van der Waals surface area contributed by atoms with Crippen LogP contribution in [0, 0.1) is 0 Å².